The quantitative estimate of drug-likeness (QED) is 0.821. The van der Waals surface area contributed by atoms with Crippen LogP contribution in [0.15, 0.2) is 30.3 Å². The predicted octanol–water partition coefficient (Wildman–Crippen LogP) is 2.75. The number of ether oxygens (including phenoxy) is 1. The molecule has 1 aromatic carbocycles. The lowest BCUT2D eigenvalue weighted by molar-refractivity contribution is -0.131. The van der Waals surface area contributed by atoms with Gasteiger partial charge in [0.25, 0.3) is 0 Å². The number of nitrogens with zero attached hydrogens (tertiary/aromatic N) is 1. The molecule has 1 fully saturated rings. The minimum Gasteiger partial charge on any atom is -0.450 e. The zero-order chi connectivity index (χ0) is 16.5. The third-order valence-corrected chi connectivity index (χ3v) is 4.10. The highest BCUT2D eigenvalue weighted by Gasteiger charge is 2.24. The zero-order valence-corrected chi connectivity index (χ0v) is 13.8. The van der Waals surface area contributed by atoms with Gasteiger partial charge in [-0.3, -0.25) is 4.79 Å². The Morgan fingerprint density at radius 1 is 1.22 bits per heavy atom. The minimum absolute atomic E-state index is 0.102. The van der Waals surface area contributed by atoms with Crippen LogP contribution in [0.4, 0.5) is 4.79 Å². The van der Waals surface area contributed by atoms with Crippen molar-refractivity contribution >= 4 is 12.0 Å². The van der Waals surface area contributed by atoms with Crippen molar-refractivity contribution in [1.82, 2.24) is 10.2 Å². The van der Waals surface area contributed by atoms with E-state index in [0.29, 0.717) is 26.1 Å². The summed E-state index contributed by atoms with van der Waals surface area (Å²) in [6, 6.07) is 9.89. The lowest BCUT2D eigenvalue weighted by Gasteiger charge is -2.32. The Labute approximate surface area is 138 Å². The van der Waals surface area contributed by atoms with E-state index in [2.05, 4.69) is 12.2 Å². The Hall–Kier alpha value is -2.04. The van der Waals surface area contributed by atoms with Crippen LogP contribution in [0.1, 0.15) is 38.2 Å². The fraction of sp³-hybridized carbons (Fsp3) is 0.556. The molecule has 1 aliphatic heterocycles. The van der Waals surface area contributed by atoms with Gasteiger partial charge in [0.1, 0.15) is 0 Å². The number of carbonyl (C=O) groups is 2. The van der Waals surface area contributed by atoms with Crippen LogP contribution in [0, 0.1) is 0 Å². The van der Waals surface area contributed by atoms with Crippen molar-refractivity contribution in [2.75, 3.05) is 19.7 Å². The average molecular weight is 318 g/mol. The summed E-state index contributed by atoms with van der Waals surface area (Å²) >= 11 is 0. The van der Waals surface area contributed by atoms with Crippen LogP contribution in [0.5, 0.6) is 0 Å². The molecule has 5 heteroatoms. The molecule has 0 unspecified atom stereocenters. The molecule has 1 aromatic rings. The molecule has 0 atom stereocenters. The van der Waals surface area contributed by atoms with Gasteiger partial charge in [0.2, 0.25) is 5.91 Å². The SMILES string of the molecule is CCCCOC(=O)NC1CCN(C(=O)Cc2ccccc2)CC1. The van der Waals surface area contributed by atoms with Crippen LogP contribution in [-0.4, -0.2) is 42.6 Å². The van der Waals surface area contributed by atoms with E-state index in [1.807, 2.05) is 35.2 Å². The Kier molecular flexibility index (Phi) is 6.91. The van der Waals surface area contributed by atoms with Crippen LogP contribution in [-0.2, 0) is 16.0 Å². The first kappa shape index (κ1) is 17.3. The number of benzene rings is 1. The van der Waals surface area contributed by atoms with E-state index in [1.165, 1.54) is 0 Å². The summed E-state index contributed by atoms with van der Waals surface area (Å²) < 4.78 is 5.11. The predicted molar refractivity (Wildman–Crippen MR) is 89.1 cm³/mol. The van der Waals surface area contributed by atoms with Crippen molar-refractivity contribution in [3.63, 3.8) is 0 Å². The van der Waals surface area contributed by atoms with Crippen molar-refractivity contribution < 1.29 is 14.3 Å². The van der Waals surface area contributed by atoms with Crippen molar-refractivity contribution in [1.29, 1.82) is 0 Å². The number of rotatable bonds is 6. The number of hydrogen-bond acceptors (Lipinski definition) is 3. The van der Waals surface area contributed by atoms with E-state index >= 15 is 0 Å². The first-order chi connectivity index (χ1) is 11.2. The van der Waals surface area contributed by atoms with Gasteiger partial charge >= 0.3 is 6.09 Å². The number of carbonyl (C=O) groups excluding carboxylic acids is 2. The molecule has 23 heavy (non-hydrogen) atoms. The van der Waals surface area contributed by atoms with E-state index in [-0.39, 0.29) is 18.0 Å². The van der Waals surface area contributed by atoms with E-state index < -0.39 is 0 Å². The van der Waals surface area contributed by atoms with E-state index in [4.69, 9.17) is 4.74 Å². The Morgan fingerprint density at radius 2 is 1.91 bits per heavy atom. The van der Waals surface area contributed by atoms with E-state index in [9.17, 15) is 9.59 Å². The van der Waals surface area contributed by atoms with Crippen molar-refractivity contribution in [2.45, 2.75) is 45.1 Å². The molecule has 1 N–H and O–H groups in total. The minimum atomic E-state index is -0.340. The van der Waals surface area contributed by atoms with Crippen LogP contribution in [0.2, 0.25) is 0 Å². The average Bonchev–Trinajstić information content (AvgIpc) is 2.56. The molecule has 0 aromatic heterocycles. The first-order valence-corrected chi connectivity index (χ1v) is 8.44. The molecule has 1 heterocycles. The molecule has 1 saturated heterocycles. The largest absolute Gasteiger partial charge is 0.450 e. The summed E-state index contributed by atoms with van der Waals surface area (Å²) in [6.45, 7) is 3.90. The molecular formula is C18H26N2O3. The summed E-state index contributed by atoms with van der Waals surface area (Å²) in [7, 11) is 0. The lowest BCUT2D eigenvalue weighted by atomic mass is 10.0. The molecule has 1 aliphatic rings. The van der Waals surface area contributed by atoms with Crippen LogP contribution in [0.25, 0.3) is 0 Å². The van der Waals surface area contributed by atoms with Gasteiger partial charge in [0.05, 0.1) is 13.0 Å². The Morgan fingerprint density at radius 3 is 2.57 bits per heavy atom. The van der Waals surface area contributed by atoms with Crippen molar-refractivity contribution in [3.05, 3.63) is 35.9 Å². The van der Waals surface area contributed by atoms with Gasteiger partial charge in [-0.15, -0.1) is 0 Å². The van der Waals surface area contributed by atoms with Crippen molar-refractivity contribution in [2.24, 2.45) is 0 Å². The third kappa shape index (κ3) is 5.93. The highest BCUT2D eigenvalue weighted by molar-refractivity contribution is 5.78. The standard InChI is InChI=1S/C18H26N2O3/c1-2-3-13-23-18(22)19-16-9-11-20(12-10-16)17(21)14-15-7-5-4-6-8-15/h4-8,16H,2-3,9-14H2,1H3,(H,19,22). The summed E-state index contributed by atoms with van der Waals surface area (Å²) in [5, 5.41) is 2.89. The summed E-state index contributed by atoms with van der Waals surface area (Å²) in [6.07, 6.45) is 3.56. The van der Waals surface area contributed by atoms with E-state index in [0.717, 1.165) is 31.2 Å². The van der Waals surface area contributed by atoms with Gasteiger partial charge in [-0.25, -0.2) is 4.79 Å². The molecule has 0 bridgehead atoms. The molecule has 0 aliphatic carbocycles. The highest BCUT2D eigenvalue weighted by atomic mass is 16.5. The molecular weight excluding hydrogens is 292 g/mol. The normalized spacial score (nSPS) is 15.3. The van der Waals surface area contributed by atoms with Crippen molar-refractivity contribution in [3.8, 4) is 0 Å². The second-order valence-corrected chi connectivity index (χ2v) is 5.95. The summed E-state index contributed by atoms with van der Waals surface area (Å²) in [5.41, 5.74) is 1.04. The topological polar surface area (TPSA) is 58.6 Å². The van der Waals surface area contributed by atoms with Gasteiger partial charge in [0.15, 0.2) is 0 Å². The Bertz CT molecular complexity index is 496. The zero-order valence-electron chi connectivity index (χ0n) is 13.8. The number of amides is 2. The number of likely N-dealkylation sites (tertiary alicyclic amines) is 1. The highest BCUT2D eigenvalue weighted by Crippen LogP contribution is 2.12. The molecule has 0 radical (unpaired) electrons. The van der Waals surface area contributed by atoms with Crippen LogP contribution in [0.3, 0.4) is 0 Å². The van der Waals surface area contributed by atoms with Gasteiger partial charge < -0.3 is 15.0 Å². The monoisotopic (exact) mass is 318 g/mol. The fourth-order valence-electron chi connectivity index (χ4n) is 2.67. The second kappa shape index (κ2) is 9.18. The molecule has 126 valence electrons. The molecule has 5 nitrogen and oxygen atoms in total. The van der Waals surface area contributed by atoms with Crippen LogP contribution < -0.4 is 5.32 Å². The van der Waals surface area contributed by atoms with Gasteiger partial charge in [-0.1, -0.05) is 43.7 Å². The maximum absolute atomic E-state index is 12.3. The molecule has 0 spiro atoms. The summed E-state index contributed by atoms with van der Waals surface area (Å²) in [5.74, 6) is 0.153. The second-order valence-electron chi connectivity index (χ2n) is 5.95. The molecule has 0 saturated carbocycles. The number of piperidine rings is 1. The number of nitrogens with one attached hydrogen (secondary N) is 1. The molecule has 2 amide bonds. The lowest BCUT2D eigenvalue weighted by Crippen LogP contribution is -2.47. The third-order valence-electron chi connectivity index (χ3n) is 4.10. The fourth-order valence-corrected chi connectivity index (χ4v) is 2.67. The Balaban J connectivity index is 1.69. The van der Waals surface area contributed by atoms with Gasteiger partial charge in [-0.05, 0) is 24.8 Å². The van der Waals surface area contributed by atoms with Gasteiger partial charge in [-0.2, -0.15) is 0 Å². The first-order valence-electron chi connectivity index (χ1n) is 8.44. The summed E-state index contributed by atoms with van der Waals surface area (Å²) in [4.78, 5) is 25.8. The molecule has 2 rings (SSSR count). The number of hydrogen-bond donors (Lipinski definition) is 1. The maximum Gasteiger partial charge on any atom is 0.407 e. The van der Waals surface area contributed by atoms with E-state index in [1.54, 1.807) is 0 Å². The maximum atomic E-state index is 12.3. The number of alkyl carbamates (subject to hydrolysis) is 1. The smallest absolute Gasteiger partial charge is 0.407 e. The van der Waals surface area contributed by atoms with Gasteiger partial charge in [0, 0.05) is 19.1 Å². The number of unbranched alkanes of at least 4 members (excludes halogenated alkanes) is 1. The van der Waals surface area contributed by atoms with Crippen LogP contribution >= 0.6 is 0 Å².